The van der Waals surface area contributed by atoms with Gasteiger partial charge in [-0.25, -0.2) is 4.98 Å². The van der Waals surface area contributed by atoms with Crippen LogP contribution in [0.3, 0.4) is 0 Å². The van der Waals surface area contributed by atoms with Crippen LogP contribution < -0.4 is 5.32 Å². The average Bonchev–Trinajstić information content (AvgIpc) is 3.01. The zero-order chi connectivity index (χ0) is 15.8. The molecule has 0 bridgehead atoms. The molecule has 6 heteroatoms. The number of hydrogen-bond acceptors (Lipinski definition) is 3. The molecule has 0 saturated heterocycles. The standard InChI is InChI=1S/C16H20ClN3OS/c1-2-3-9-22-10-6-16(21)19-13-4-5-15(14(17)11-13)20-8-7-18-12-20/h4-5,7-8,11-12H,2-3,6,9-10H2,1H3,(H,19,21). The van der Waals surface area contributed by atoms with Crippen molar-refractivity contribution in [3.63, 3.8) is 0 Å². The number of rotatable bonds is 8. The van der Waals surface area contributed by atoms with Gasteiger partial charge in [-0.05, 0) is 30.4 Å². The molecular weight excluding hydrogens is 318 g/mol. The van der Waals surface area contributed by atoms with Crippen LogP contribution in [0.15, 0.2) is 36.9 Å². The number of aromatic nitrogens is 2. The first kappa shape index (κ1) is 16.9. The Bertz CT molecular complexity index is 601. The lowest BCUT2D eigenvalue weighted by Crippen LogP contribution is -2.12. The Morgan fingerprint density at radius 2 is 2.27 bits per heavy atom. The van der Waals surface area contributed by atoms with E-state index >= 15 is 0 Å². The summed E-state index contributed by atoms with van der Waals surface area (Å²) in [5.41, 5.74) is 1.56. The van der Waals surface area contributed by atoms with Gasteiger partial charge in [0.1, 0.15) is 0 Å². The average molecular weight is 338 g/mol. The normalized spacial score (nSPS) is 10.6. The fraction of sp³-hybridized carbons (Fsp3) is 0.375. The van der Waals surface area contributed by atoms with E-state index in [1.807, 2.05) is 34.7 Å². The molecule has 0 aliphatic heterocycles. The van der Waals surface area contributed by atoms with Crippen LogP contribution in [0.1, 0.15) is 26.2 Å². The Morgan fingerprint density at radius 1 is 1.41 bits per heavy atom. The van der Waals surface area contributed by atoms with Crippen molar-refractivity contribution in [1.29, 1.82) is 0 Å². The van der Waals surface area contributed by atoms with Crippen LogP contribution in [0.2, 0.25) is 5.02 Å². The van der Waals surface area contributed by atoms with Crippen molar-refractivity contribution in [3.05, 3.63) is 41.9 Å². The SMILES string of the molecule is CCCCSCCC(=O)Nc1ccc(-n2ccnc2)c(Cl)c1. The van der Waals surface area contributed by atoms with E-state index in [2.05, 4.69) is 17.2 Å². The molecule has 0 radical (unpaired) electrons. The highest BCUT2D eigenvalue weighted by molar-refractivity contribution is 7.99. The summed E-state index contributed by atoms with van der Waals surface area (Å²) in [7, 11) is 0. The van der Waals surface area contributed by atoms with E-state index < -0.39 is 0 Å². The third-order valence-corrected chi connectivity index (χ3v) is 4.50. The lowest BCUT2D eigenvalue weighted by Gasteiger charge is -2.09. The summed E-state index contributed by atoms with van der Waals surface area (Å²) >= 11 is 8.09. The number of anilines is 1. The Hall–Kier alpha value is -1.46. The fourth-order valence-electron chi connectivity index (χ4n) is 1.93. The van der Waals surface area contributed by atoms with Crippen LogP contribution in [0.25, 0.3) is 5.69 Å². The summed E-state index contributed by atoms with van der Waals surface area (Å²) in [6.07, 6.45) is 8.13. The Morgan fingerprint density at radius 3 is 2.95 bits per heavy atom. The van der Waals surface area contributed by atoms with Crippen LogP contribution in [0.4, 0.5) is 5.69 Å². The summed E-state index contributed by atoms with van der Waals surface area (Å²) in [6, 6.07) is 5.48. The van der Waals surface area contributed by atoms with Crippen molar-refractivity contribution < 1.29 is 4.79 Å². The molecule has 1 heterocycles. The molecule has 22 heavy (non-hydrogen) atoms. The van der Waals surface area contributed by atoms with Crippen molar-refractivity contribution in [2.75, 3.05) is 16.8 Å². The Kier molecular flexibility index (Phi) is 6.80. The minimum atomic E-state index is 0.0236. The molecule has 1 amide bonds. The van der Waals surface area contributed by atoms with Gasteiger partial charge in [0.15, 0.2) is 0 Å². The number of amides is 1. The molecule has 0 aliphatic rings. The Labute approximate surface area is 140 Å². The van der Waals surface area contributed by atoms with Gasteiger partial charge in [0.25, 0.3) is 0 Å². The number of imidazole rings is 1. The van der Waals surface area contributed by atoms with Crippen molar-refractivity contribution in [2.45, 2.75) is 26.2 Å². The molecule has 0 unspecified atom stereocenters. The van der Waals surface area contributed by atoms with Crippen molar-refractivity contribution >= 4 is 35.0 Å². The second kappa shape index (κ2) is 8.86. The number of benzene rings is 1. The van der Waals surface area contributed by atoms with Gasteiger partial charge in [-0.15, -0.1) is 0 Å². The molecule has 4 nitrogen and oxygen atoms in total. The number of carbonyl (C=O) groups excluding carboxylic acids is 1. The van der Waals surface area contributed by atoms with Crippen molar-refractivity contribution in [3.8, 4) is 5.69 Å². The second-order valence-corrected chi connectivity index (χ2v) is 6.53. The summed E-state index contributed by atoms with van der Waals surface area (Å²) < 4.78 is 1.83. The minimum Gasteiger partial charge on any atom is -0.326 e. The first-order valence-corrected chi connectivity index (χ1v) is 8.89. The molecule has 118 valence electrons. The predicted octanol–water partition coefficient (Wildman–Crippen LogP) is 4.39. The lowest BCUT2D eigenvalue weighted by atomic mass is 10.2. The number of thioether (sulfide) groups is 1. The van der Waals surface area contributed by atoms with Gasteiger partial charge in [0, 0.05) is 30.3 Å². The molecule has 0 aliphatic carbocycles. The molecule has 1 aromatic carbocycles. The van der Waals surface area contributed by atoms with Gasteiger partial charge in [-0.1, -0.05) is 24.9 Å². The highest BCUT2D eigenvalue weighted by Crippen LogP contribution is 2.24. The topological polar surface area (TPSA) is 46.9 Å². The van der Waals surface area contributed by atoms with Gasteiger partial charge in [-0.3, -0.25) is 4.79 Å². The van der Waals surface area contributed by atoms with Crippen molar-refractivity contribution in [1.82, 2.24) is 9.55 Å². The maximum absolute atomic E-state index is 11.9. The van der Waals surface area contributed by atoms with E-state index in [9.17, 15) is 4.79 Å². The van der Waals surface area contributed by atoms with Gasteiger partial charge < -0.3 is 9.88 Å². The molecule has 1 N–H and O–H groups in total. The minimum absolute atomic E-state index is 0.0236. The number of hydrogen-bond donors (Lipinski definition) is 1. The highest BCUT2D eigenvalue weighted by atomic mass is 35.5. The maximum Gasteiger partial charge on any atom is 0.225 e. The summed E-state index contributed by atoms with van der Waals surface area (Å²) in [6.45, 7) is 2.17. The smallest absolute Gasteiger partial charge is 0.225 e. The van der Waals surface area contributed by atoms with Crippen LogP contribution >= 0.6 is 23.4 Å². The lowest BCUT2D eigenvalue weighted by molar-refractivity contribution is -0.115. The van der Waals surface area contributed by atoms with Crippen LogP contribution in [0.5, 0.6) is 0 Å². The van der Waals surface area contributed by atoms with Crippen LogP contribution in [0, 0.1) is 0 Å². The van der Waals surface area contributed by atoms with Gasteiger partial charge in [-0.2, -0.15) is 11.8 Å². The second-order valence-electron chi connectivity index (χ2n) is 4.90. The molecule has 0 saturated carbocycles. The van der Waals surface area contributed by atoms with E-state index in [4.69, 9.17) is 11.6 Å². The first-order valence-electron chi connectivity index (χ1n) is 7.36. The zero-order valence-electron chi connectivity index (χ0n) is 12.6. The van der Waals surface area contributed by atoms with Crippen molar-refractivity contribution in [2.24, 2.45) is 0 Å². The largest absolute Gasteiger partial charge is 0.326 e. The molecule has 2 rings (SSSR count). The molecule has 2 aromatic rings. The van der Waals surface area contributed by atoms with E-state index in [-0.39, 0.29) is 5.91 Å². The number of nitrogens with one attached hydrogen (secondary N) is 1. The van der Waals surface area contributed by atoms with E-state index in [1.54, 1.807) is 18.6 Å². The molecular formula is C16H20ClN3OS. The molecule has 1 aromatic heterocycles. The third kappa shape index (κ3) is 5.07. The van der Waals surface area contributed by atoms with E-state index in [0.717, 1.165) is 22.9 Å². The third-order valence-electron chi connectivity index (χ3n) is 3.13. The van der Waals surface area contributed by atoms with Crippen LogP contribution in [-0.4, -0.2) is 27.0 Å². The first-order chi connectivity index (χ1) is 10.7. The molecule has 0 spiro atoms. The predicted molar refractivity (Wildman–Crippen MR) is 94.1 cm³/mol. The number of carbonyl (C=O) groups is 1. The number of nitrogens with zero attached hydrogens (tertiary/aromatic N) is 2. The van der Waals surface area contributed by atoms with E-state index in [0.29, 0.717) is 11.4 Å². The fourth-order valence-corrected chi connectivity index (χ4v) is 3.24. The zero-order valence-corrected chi connectivity index (χ0v) is 14.2. The molecule has 0 fully saturated rings. The molecule has 0 atom stereocenters. The monoisotopic (exact) mass is 337 g/mol. The Balaban J connectivity index is 1.85. The number of unbranched alkanes of at least 4 members (excludes halogenated alkanes) is 1. The summed E-state index contributed by atoms with van der Waals surface area (Å²) in [4.78, 5) is 15.9. The maximum atomic E-state index is 11.9. The number of halogens is 1. The summed E-state index contributed by atoms with van der Waals surface area (Å²) in [5.74, 6) is 2.00. The van der Waals surface area contributed by atoms with Crippen LogP contribution in [-0.2, 0) is 4.79 Å². The highest BCUT2D eigenvalue weighted by Gasteiger charge is 2.06. The van der Waals surface area contributed by atoms with Gasteiger partial charge in [0.2, 0.25) is 5.91 Å². The quantitative estimate of drug-likeness (QED) is 0.727. The summed E-state index contributed by atoms with van der Waals surface area (Å²) in [5, 5.41) is 3.46. The van der Waals surface area contributed by atoms with E-state index in [1.165, 1.54) is 12.8 Å². The van der Waals surface area contributed by atoms with Gasteiger partial charge in [0.05, 0.1) is 17.0 Å². The van der Waals surface area contributed by atoms with Gasteiger partial charge >= 0.3 is 0 Å².